The van der Waals surface area contributed by atoms with Gasteiger partial charge in [-0.05, 0) is 33.6 Å². The van der Waals surface area contributed by atoms with E-state index in [1.54, 1.807) is 25.7 Å². The number of carbonyl (C=O) groups is 2. The van der Waals surface area contributed by atoms with Gasteiger partial charge < -0.3 is 14.6 Å². The van der Waals surface area contributed by atoms with Gasteiger partial charge in [0.05, 0.1) is 19.1 Å². The lowest BCUT2D eigenvalue weighted by Gasteiger charge is -2.54. The SMILES string of the molecule is CC(C)(C)OC(=O)N1CCCC(C(=O)O)C12COC2. The molecular formula is C13H21NO5. The van der Waals surface area contributed by atoms with E-state index in [2.05, 4.69) is 0 Å². The molecule has 0 saturated carbocycles. The zero-order chi connectivity index (χ0) is 14.3. The summed E-state index contributed by atoms with van der Waals surface area (Å²) in [6.07, 6.45) is 0.817. The van der Waals surface area contributed by atoms with Crippen LogP contribution in [0.15, 0.2) is 0 Å². The van der Waals surface area contributed by atoms with E-state index in [0.717, 1.165) is 0 Å². The van der Waals surface area contributed by atoms with Gasteiger partial charge in [-0.15, -0.1) is 0 Å². The van der Waals surface area contributed by atoms with Crippen molar-refractivity contribution in [2.24, 2.45) is 5.92 Å². The van der Waals surface area contributed by atoms with Gasteiger partial charge in [0.2, 0.25) is 0 Å². The van der Waals surface area contributed by atoms with Crippen molar-refractivity contribution < 1.29 is 24.2 Å². The molecule has 2 rings (SSSR count). The van der Waals surface area contributed by atoms with Gasteiger partial charge in [-0.25, -0.2) is 4.79 Å². The summed E-state index contributed by atoms with van der Waals surface area (Å²) >= 11 is 0. The summed E-state index contributed by atoms with van der Waals surface area (Å²) in [6.45, 7) is 6.49. The van der Waals surface area contributed by atoms with E-state index in [9.17, 15) is 14.7 Å². The number of carboxylic acids is 1. The molecule has 2 aliphatic rings. The topological polar surface area (TPSA) is 76.1 Å². The maximum atomic E-state index is 12.2. The number of hydrogen-bond donors (Lipinski definition) is 1. The average Bonchev–Trinajstić information content (AvgIpc) is 2.23. The number of carboxylic acid groups (broad SMARTS) is 1. The van der Waals surface area contributed by atoms with Crippen LogP contribution in [0.25, 0.3) is 0 Å². The number of likely N-dealkylation sites (tertiary alicyclic amines) is 1. The highest BCUT2D eigenvalue weighted by molar-refractivity contribution is 5.76. The number of rotatable bonds is 1. The second kappa shape index (κ2) is 4.67. The van der Waals surface area contributed by atoms with Crippen LogP contribution in [0.2, 0.25) is 0 Å². The summed E-state index contributed by atoms with van der Waals surface area (Å²) < 4.78 is 10.6. The minimum atomic E-state index is -0.864. The van der Waals surface area contributed by atoms with E-state index in [0.29, 0.717) is 19.4 Å². The first-order chi connectivity index (χ1) is 8.76. The molecule has 108 valence electrons. The summed E-state index contributed by atoms with van der Waals surface area (Å²) in [7, 11) is 0. The molecule has 0 aromatic carbocycles. The predicted octanol–water partition coefficient (Wildman–Crippen LogP) is 1.49. The number of nitrogens with zero attached hydrogens (tertiary/aromatic N) is 1. The highest BCUT2D eigenvalue weighted by Crippen LogP contribution is 2.40. The molecular weight excluding hydrogens is 250 g/mol. The van der Waals surface area contributed by atoms with Crippen LogP contribution in [-0.2, 0) is 14.3 Å². The molecule has 2 fully saturated rings. The molecule has 19 heavy (non-hydrogen) atoms. The third kappa shape index (κ3) is 2.54. The van der Waals surface area contributed by atoms with Crippen LogP contribution in [0.5, 0.6) is 0 Å². The van der Waals surface area contributed by atoms with E-state index in [4.69, 9.17) is 9.47 Å². The van der Waals surface area contributed by atoms with Gasteiger partial charge in [-0.1, -0.05) is 0 Å². The molecule has 6 heteroatoms. The first-order valence-electron chi connectivity index (χ1n) is 6.57. The third-order valence-electron chi connectivity index (χ3n) is 3.68. The molecule has 1 spiro atoms. The fourth-order valence-electron chi connectivity index (χ4n) is 2.74. The number of amides is 1. The Morgan fingerprint density at radius 2 is 2.00 bits per heavy atom. The molecule has 2 heterocycles. The first kappa shape index (κ1) is 14.1. The van der Waals surface area contributed by atoms with Crippen LogP contribution in [0.1, 0.15) is 33.6 Å². The van der Waals surface area contributed by atoms with Crippen molar-refractivity contribution in [1.82, 2.24) is 4.90 Å². The summed E-state index contributed by atoms with van der Waals surface area (Å²) in [5, 5.41) is 9.34. The molecule has 0 aromatic heterocycles. The number of ether oxygens (including phenoxy) is 2. The second-order valence-corrected chi connectivity index (χ2v) is 6.26. The molecule has 0 radical (unpaired) electrons. The third-order valence-corrected chi connectivity index (χ3v) is 3.68. The molecule has 1 amide bonds. The van der Waals surface area contributed by atoms with E-state index >= 15 is 0 Å². The summed E-state index contributed by atoms with van der Waals surface area (Å²) in [4.78, 5) is 25.2. The Kier molecular flexibility index (Phi) is 3.47. The quantitative estimate of drug-likeness (QED) is 0.782. The van der Waals surface area contributed by atoms with Crippen LogP contribution >= 0.6 is 0 Å². The van der Waals surface area contributed by atoms with E-state index in [1.807, 2.05) is 0 Å². The van der Waals surface area contributed by atoms with Crippen molar-refractivity contribution in [2.75, 3.05) is 19.8 Å². The number of piperidine rings is 1. The zero-order valence-corrected chi connectivity index (χ0v) is 11.6. The largest absolute Gasteiger partial charge is 0.481 e. The molecule has 0 aromatic rings. The van der Waals surface area contributed by atoms with Crippen molar-refractivity contribution in [3.63, 3.8) is 0 Å². The Bertz CT molecular complexity index is 383. The lowest BCUT2D eigenvalue weighted by atomic mass is 9.75. The second-order valence-electron chi connectivity index (χ2n) is 6.26. The van der Waals surface area contributed by atoms with Crippen molar-refractivity contribution in [3.05, 3.63) is 0 Å². The maximum absolute atomic E-state index is 12.2. The van der Waals surface area contributed by atoms with Gasteiger partial charge in [0.25, 0.3) is 0 Å². The molecule has 6 nitrogen and oxygen atoms in total. The fourth-order valence-corrected chi connectivity index (χ4v) is 2.74. The van der Waals surface area contributed by atoms with E-state index in [-0.39, 0.29) is 13.2 Å². The lowest BCUT2D eigenvalue weighted by molar-refractivity contribution is -0.191. The van der Waals surface area contributed by atoms with Crippen molar-refractivity contribution in [1.29, 1.82) is 0 Å². The normalized spacial score (nSPS) is 25.8. The monoisotopic (exact) mass is 271 g/mol. The van der Waals surface area contributed by atoms with Gasteiger partial charge >= 0.3 is 12.1 Å². The average molecular weight is 271 g/mol. The lowest BCUT2D eigenvalue weighted by Crippen LogP contribution is -2.71. The van der Waals surface area contributed by atoms with Crippen LogP contribution in [0.3, 0.4) is 0 Å². The predicted molar refractivity (Wildman–Crippen MR) is 66.8 cm³/mol. The van der Waals surface area contributed by atoms with Crippen LogP contribution in [-0.4, -0.2) is 53.0 Å². The number of hydrogen-bond acceptors (Lipinski definition) is 4. The Labute approximate surface area is 112 Å². The van der Waals surface area contributed by atoms with Gasteiger partial charge in [0.1, 0.15) is 11.1 Å². The van der Waals surface area contributed by atoms with Crippen molar-refractivity contribution >= 4 is 12.1 Å². The minimum Gasteiger partial charge on any atom is -0.481 e. The summed E-state index contributed by atoms with van der Waals surface area (Å²) in [6, 6.07) is 0. The summed E-state index contributed by atoms with van der Waals surface area (Å²) in [5.74, 6) is -1.43. The molecule has 1 unspecified atom stereocenters. The standard InChI is InChI=1S/C13H21NO5/c1-12(2,3)19-11(17)14-6-4-5-9(10(15)16)13(14)7-18-8-13/h9H,4-8H2,1-3H3,(H,15,16). The Balaban J connectivity index is 2.19. The fraction of sp³-hybridized carbons (Fsp3) is 0.846. The van der Waals surface area contributed by atoms with Crippen LogP contribution < -0.4 is 0 Å². The van der Waals surface area contributed by atoms with Crippen molar-refractivity contribution in [3.8, 4) is 0 Å². The van der Waals surface area contributed by atoms with Gasteiger partial charge in [0.15, 0.2) is 0 Å². The molecule has 0 aliphatic carbocycles. The summed E-state index contributed by atoms with van der Waals surface area (Å²) in [5.41, 5.74) is -1.30. The molecule has 0 bridgehead atoms. The highest BCUT2D eigenvalue weighted by Gasteiger charge is 2.57. The minimum absolute atomic E-state index is 0.281. The number of aliphatic carboxylic acids is 1. The Morgan fingerprint density at radius 3 is 2.42 bits per heavy atom. The van der Waals surface area contributed by atoms with Crippen LogP contribution in [0, 0.1) is 5.92 Å². The van der Waals surface area contributed by atoms with Gasteiger partial charge in [-0.3, -0.25) is 9.69 Å². The molecule has 2 saturated heterocycles. The molecule has 1 N–H and O–H groups in total. The van der Waals surface area contributed by atoms with Crippen molar-refractivity contribution in [2.45, 2.75) is 44.8 Å². The van der Waals surface area contributed by atoms with Gasteiger partial charge in [-0.2, -0.15) is 0 Å². The zero-order valence-electron chi connectivity index (χ0n) is 11.6. The first-order valence-corrected chi connectivity index (χ1v) is 6.57. The maximum Gasteiger partial charge on any atom is 0.410 e. The van der Waals surface area contributed by atoms with Gasteiger partial charge in [0, 0.05) is 6.54 Å². The Hall–Kier alpha value is -1.30. The smallest absolute Gasteiger partial charge is 0.410 e. The van der Waals surface area contributed by atoms with E-state index in [1.165, 1.54) is 0 Å². The van der Waals surface area contributed by atoms with E-state index < -0.39 is 29.1 Å². The number of carbonyl (C=O) groups excluding carboxylic acids is 1. The molecule has 2 aliphatic heterocycles. The Morgan fingerprint density at radius 1 is 1.37 bits per heavy atom. The highest BCUT2D eigenvalue weighted by atomic mass is 16.6. The van der Waals surface area contributed by atoms with Crippen LogP contribution in [0.4, 0.5) is 4.79 Å². The molecule has 1 atom stereocenters.